The van der Waals surface area contributed by atoms with Crippen LogP contribution in [0.4, 0.5) is 0 Å². The molecule has 0 aliphatic carbocycles. The third kappa shape index (κ3) is 4.47. The van der Waals surface area contributed by atoms with E-state index in [1.165, 1.54) is 18.4 Å². The minimum Gasteiger partial charge on any atom is -0.334 e. The molecule has 0 aromatic heterocycles. The molecule has 2 aliphatic rings. The molecule has 0 bridgehead atoms. The number of carbonyl (C=O) groups excluding carboxylic acids is 1. The number of amides is 1. The van der Waals surface area contributed by atoms with Crippen molar-refractivity contribution < 1.29 is 4.79 Å². The molecule has 3 nitrogen and oxygen atoms in total. The van der Waals surface area contributed by atoms with Crippen molar-refractivity contribution in [2.75, 3.05) is 31.1 Å². The molecule has 2 fully saturated rings. The van der Waals surface area contributed by atoms with Crippen molar-refractivity contribution in [3.63, 3.8) is 0 Å². The normalized spacial score (nSPS) is 23.9. The van der Waals surface area contributed by atoms with E-state index in [9.17, 15) is 4.79 Å². The zero-order valence-electron chi connectivity index (χ0n) is 14.3. The van der Waals surface area contributed by atoms with E-state index in [1.54, 1.807) is 0 Å². The first-order chi connectivity index (χ1) is 11.6. The molecule has 3 rings (SSSR count). The third-order valence-electron chi connectivity index (χ3n) is 5.39. The summed E-state index contributed by atoms with van der Waals surface area (Å²) in [4.78, 5) is 15.1. The van der Waals surface area contributed by atoms with Gasteiger partial charge in [0, 0.05) is 29.5 Å². The maximum atomic E-state index is 13.0. The number of thioether (sulfide) groups is 1. The lowest BCUT2D eigenvalue weighted by Gasteiger charge is -2.37. The molecule has 1 amide bonds. The second-order valence-corrected chi connectivity index (χ2v) is 8.58. The van der Waals surface area contributed by atoms with E-state index in [2.05, 4.69) is 29.3 Å². The van der Waals surface area contributed by atoms with Gasteiger partial charge >= 0.3 is 0 Å². The first kappa shape index (κ1) is 18.1. The molecule has 0 radical (unpaired) electrons. The summed E-state index contributed by atoms with van der Waals surface area (Å²) >= 11 is 7.95. The Labute approximate surface area is 154 Å². The number of halogens is 1. The molecule has 2 heterocycles. The lowest BCUT2D eigenvalue weighted by Crippen LogP contribution is -2.42. The highest BCUT2D eigenvalue weighted by atomic mass is 35.5. The smallest absolute Gasteiger partial charge is 0.223 e. The average molecular weight is 367 g/mol. The van der Waals surface area contributed by atoms with Crippen LogP contribution in [0, 0.1) is 11.8 Å². The molecule has 0 saturated carbocycles. The maximum Gasteiger partial charge on any atom is 0.223 e. The van der Waals surface area contributed by atoms with Crippen LogP contribution >= 0.6 is 23.4 Å². The van der Waals surface area contributed by atoms with E-state index in [0.29, 0.717) is 24.2 Å². The Balaban J connectivity index is 1.65. The number of carbonyl (C=O) groups is 1. The fourth-order valence-corrected chi connectivity index (χ4v) is 5.05. The largest absolute Gasteiger partial charge is 0.334 e. The van der Waals surface area contributed by atoms with Crippen molar-refractivity contribution in [1.82, 2.24) is 10.2 Å². The van der Waals surface area contributed by atoms with E-state index in [0.717, 1.165) is 36.2 Å². The molecule has 132 valence electrons. The van der Waals surface area contributed by atoms with Crippen molar-refractivity contribution in [2.24, 2.45) is 11.8 Å². The summed E-state index contributed by atoms with van der Waals surface area (Å²) in [6.07, 6.45) is 3.08. The van der Waals surface area contributed by atoms with Crippen molar-refractivity contribution in [3.05, 3.63) is 34.9 Å². The minimum absolute atomic E-state index is 0.189. The number of nitrogens with one attached hydrogen (secondary N) is 1. The van der Waals surface area contributed by atoms with Gasteiger partial charge in [-0.05, 0) is 55.5 Å². The van der Waals surface area contributed by atoms with Crippen LogP contribution in [0.1, 0.15) is 37.8 Å². The Kier molecular flexibility index (Phi) is 6.48. The van der Waals surface area contributed by atoms with Crippen LogP contribution in [0.2, 0.25) is 5.02 Å². The SMILES string of the molecule is CC(CC(=O)N1CCSCC1c1ccc(Cl)cc1)C1CCNCC1. The molecule has 5 heteroatoms. The van der Waals surface area contributed by atoms with Gasteiger partial charge in [0.1, 0.15) is 0 Å². The van der Waals surface area contributed by atoms with Gasteiger partial charge in [0.25, 0.3) is 0 Å². The average Bonchev–Trinajstić information content (AvgIpc) is 2.63. The molecule has 1 aromatic rings. The fourth-order valence-electron chi connectivity index (χ4n) is 3.84. The van der Waals surface area contributed by atoms with Gasteiger partial charge < -0.3 is 10.2 Å². The summed E-state index contributed by atoms with van der Waals surface area (Å²) in [5.41, 5.74) is 1.20. The van der Waals surface area contributed by atoms with Crippen LogP contribution in [0.25, 0.3) is 0 Å². The molecule has 2 unspecified atom stereocenters. The quantitative estimate of drug-likeness (QED) is 0.874. The Morgan fingerprint density at radius 3 is 2.75 bits per heavy atom. The zero-order valence-corrected chi connectivity index (χ0v) is 15.9. The standard InChI is InChI=1S/C19H27ClN2OS/c1-14(15-6-8-21-9-7-15)12-19(23)22-10-11-24-13-18(22)16-2-4-17(20)5-3-16/h2-5,14-15,18,21H,6-13H2,1H3. The molecule has 2 atom stereocenters. The Hall–Kier alpha value is -0.710. The molecule has 2 aliphatic heterocycles. The van der Waals surface area contributed by atoms with Crippen LogP contribution in [0.3, 0.4) is 0 Å². The maximum absolute atomic E-state index is 13.0. The number of hydrogen-bond donors (Lipinski definition) is 1. The lowest BCUT2D eigenvalue weighted by atomic mass is 9.84. The fraction of sp³-hybridized carbons (Fsp3) is 0.632. The second-order valence-electron chi connectivity index (χ2n) is 7.00. The van der Waals surface area contributed by atoms with E-state index in [4.69, 9.17) is 11.6 Å². The molecular formula is C19H27ClN2OS. The van der Waals surface area contributed by atoms with Crippen LogP contribution in [-0.4, -0.2) is 41.9 Å². The lowest BCUT2D eigenvalue weighted by molar-refractivity contribution is -0.134. The van der Waals surface area contributed by atoms with E-state index < -0.39 is 0 Å². The Bertz CT molecular complexity index is 545. The molecule has 1 N–H and O–H groups in total. The molecule has 1 aromatic carbocycles. The van der Waals surface area contributed by atoms with Crippen molar-refractivity contribution >= 4 is 29.3 Å². The topological polar surface area (TPSA) is 32.3 Å². The summed E-state index contributed by atoms with van der Waals surface area (Å²) in [6.45, 7) is 5.30. The first-order valence-electron chi connectivity index (χ1n) is 8.98. The first-order valence-corrected chi connectivity index (χ1v) is 10.5. The van der Waals surface area contributed by atoms with E-state index in [-0.39, 0.29) is 6.04 Å². The van der Waals surface area contributed by atoms with Crippen molar-refractivity contribution in [2.45, 2.75) is 32.2 Å². The highest BCUT2D eigenvalue weighted by Crippen LogP contribution is 2.32. The van der Waals surface area contributed by atoms with Gasteiger partial charge in [-0.1, -0.05) is 30.7 Å². The number of benzene rings is 1. The van der Waals surface area contributed by atoms with Crippen molar-refractivity contribution in [3.8, 4) is 0 Å². The molecule has 0 spiro atoms. The van der Waals surface area contributed by atoms with Crippen molar-refractivity contribution in [1.29, 1.82) is 0 Å². The van der Waals surface area contributed by atoms with Gasteiger partial charge in [0.15, 0.2) is 0 Å². The summed E-state index contributed by atoms with van der Waals surface area (Å²) in [5.74, 6) is 3.50. The van der Waals surface area contributed by atoms with Crippen LogP contribution in [0.15, 0.2) is 24.3 Å². The van der Waals surface area contributed by atoms with Crippen LogP contribution in [-0.2, 0) is 4.79 Å². The Morgan fingerprint density at radius 2 is 2.04 bits per heavy atom. The minimum atomic E-state index is 0.189. The number of nitrogens with zero attached hydrogens (tertiary/aromatic N) is 1. The van der Waals surface area contributed by atoms with Crippen LogP contribution < -0.4 is 5.32 Å². The van der Waals surface area contributed by atoms with E-state index in [1.807, 2.05) is 23.9 Å². The number of rotatable bonds is 4. The van der Waals surface area contributed by atoms with Gasteiger partial charge in [-0.25, -0.2) is 0 Å². The van der Waals surface area contributed by atoms with E-state index >= 15 is 0 Å². The zero-order chi connectivity index (χ0) is 16.9. The predicted molar refractivity (Wildman–Crippen MR) is 103 cm³/mol. The Morgan fingerprint density at radius 1 is 1.33 bits per heavy atom. The number of piperidine rings is 1. The monoisotopic (exact) mass is 366 g/mol. The summed E-state index contributed by atoms with van der Waals surface area (Å²) in [6, 6.07) is 8.17. The third-order valence-corrected chi connectivity index (χ3v) is 6.66. The second kappa shape index (κ2) is 8.59. The van der Waals surface area contributed by atoms with Gasteiger partial charge in [0.2, 0.25) is 5.91 Å². The predicted octanol–water partition coefficient (Wildman–Crippen LogP) is 3.98. The van der Waals surface area contributed by atoms with Gasteiger partial charge in [-0.15, -0.1) is 0 Å². The summed E-state index contributed by atoms with van der Waals surface area (Å²) in [5, 5.41) is 4.16. The highest BCUT2D eigenvalue weighted by molar-refractivity contribution is 7.99. The van der Waals surface area contributed by atoms with Crippen LogP contribution in [0.5, 0.6) is 0 Å². The van der Waals surface area contributed by atoms with Gasteiger partial charge in [-0.2, -0.15) is 11.8 Å². The summed E-state index contributed by atoms with van der Waals surface area (Å²) < 4.78 is 0. The molecule has 2 saturated heterocycles. The van der Waals surface area contributed by atoms with Gasteiger partial charge in [-0.3, -0.25) is 4.79 Å². The van der Waals surface area contributed by atoms with Gasteiger partial charge in [0.05, 0.1) is 6.04 Å². The molecule has 24 heavy (non-hydrogen) atoms. The number of hydrogen-bond acceptors (Lipinski definition) is 3. The molecular weight excluding hydrogens is 340 g/mol. The highest BCUT2D eigenvalue weighted by Gasteiger charge is 2.30. The summed E-state index contributed by atoms with van der Waals surface area (Å²) in [7, 11) is 0.